The number of urea groups is 1. The van der Waals surface area contributed by atoms with E-state index in [4.69, 9.17) is 0 Å². The molecular weight excluding hydrogens is 480 g/mol. The molecule has 174 valence electrons. The first-order valence-electron chi connectivity index (χ1n) is 11.2. The zero-order valence-electron chi connectivity index (χ0n) is 19.6. The number of piperazine rings is 1. The Labute approximate surface area is 203 Å². The van der Waals surface area contributed by atoms with Crippen LogP contribution in [0.2, 0.25) is 0 Å². The van der Waals surface area contributed by atoms with Crippen LogP contribution in [-0.2, 0) is 7.05 Å². The lowest BCUT2D eigenvalue weighted by Gasteiger charge is -2.34. The van der Waals surface area contributed by atoms with E-state index in [0.717, 1.165) is 59.0 Å². The van der Waals surface area contributed by atoms with Crippen molar-refractivity contribution in [2.75, 3.05) is 48.8 Å². The molecule has 0 radical (unpaired) electrons. The number of hydrogen-bond acceptors (Lipinski definition) is 4. The van der Waals surface area contributed by atoms with Gasteiger partial charge in [0.15, 0.2) is 0 Å². The number of benzene rings is 2. The van der Waals surface area contributed by atoms with Gasteiger partial charge >= 0.3 is 6.03 Å². The highest BCUT2D eigenvalue weighted by Gasteiger charge is 2.18. The average molecular weight is 511 g/mol. The largest absolute Gasteiger partial charge is 0.369 e. The molecule has 7 nitrogen and oxygen atoms in total. The molecule has 2 heterocycles. The molecule has 0 aliphatic carbocycles. The molecule has 0 unspecified atom stereocenters. The highest BCUT2D eigenvalue weighted by molar-refractivity contribution is 9.10. The topological polar surface area (TPSA) is 65.4 Å². The number of aryl methyl sites for hydroxylation is 1. The molecule has 0 bridgehead atoms. The van der Waals surface area contributed by atoms with Gasteiger partial charge in [-0.25, -0.2) is 4.79 Å². The number of rotatable bonds is 5. The summed E-state index contributed by atoms with van der Waals surface area (Å²) in [5.41, 5.74) is 5.80. The van der Waals surface area contributed by atoms with Crippen molar-refractivity contribution in [3.63, 3.8) is 0 Å². The van der Waals surface area contributed by atoms with Gasteiger partial charge in [-0.3, -0.25) is 4.68 Å². The molecule has 2 amide bonds. The Morgan fingerprint density at radius 2 is 1.64 bits per heavy atom. The van der Waals surface area contributed by atoms with E-state index in [1.54, 1.807) is 6.20 Å². The number of aromatic nitrogens is 2. The SMILES string of the molecule is CC(C)c1ccc(NC(=O)Nc2cc(-c3c(Br)cnn3C)cc(N3CCN(C)CC3)c2)cc1. The summed E-state index contributed by atoms with van der Waals surface area (Å²) in [6, 6.07) is 13.9. The van der Waals surface area contributed by atoms with E-state index in [-0.39, 0.29) is 6.03 Å². The molecule has 0 spiro atoms. The second kappa shape index (κ2) is 9.97. The number of halogens is 1. The van der Waals surface area contributed by atoms with Gasteiger partial charge in [0.05, 0.1) is 16.4 Å². The summed E-state index contributed by atoms with van der Waals surface area (Å²) < 4.78 is 2.76. The van der Waals surface area contributed by atoms with Gasteiger partial charge in [-0.1, -0.05) is 26.0 Å². The van der Waals surface area contributed by atoms with Crippen molar-refractivity contribution in [1.82, 2.24) is 14.7 Å². The minimum atomic E-state index is -0.266. The quantitative estimate of drug-likeness (QED) is 0.484. The van der Waals surface area contributed by atoms with E-state index >= 15 is 0 Å². The number of nitrogens with zero attached hydrogens (tertiary/aromatic N) is 4. The smallest absolute Gasteiger partial charge is 0.323 e. The summed E-state index contributed by atoms with van der Waals surface area (Å²) in [6.07, 6.45) is 1.79. The predicted molar refractivity (Wildman–Crippen MR) is 139 cm³/mol. The van der Waals surface area contributed by atoms with E-state index in [0.29, 0.717) is 5.92 Å². The number of anilines is 3. The van der Waals surface area contributed by atoms with Gasteiger partial charge < -0.3 is 20.4 Å². The normalized spacial score (nSPS) is 14.5. The number of nitrogens with one attached hydrogen (secondary N) is 2. The molecule has 0 atom stereocenters. The van der Waals surface area contributed by atoms with Crippen LogP contribution in [0.15, 0.2) is 53.1 Å². The molecule has 0 saturated carbocycles. The first-order valence-corrected chi connectivity index (χ1v) is 12.0. The Morgan fingerprint density at radius 3 is 2.24 bits per heavy atom. The number of likely N-dealkylation sites (N-methyl/N-ethyl adjacent to an activating group) is 1. The number of amides is 2. The molecule has 3 aromatic rings. The van der Waals surface area contributed by atoms with Gasteiger partial charge in [0.2, 0.25) is 0 Å². The van der Waals surface area contributed by atoms with Crippen LogP contribution in [0, 0.1) is 0 Å². The predicted octanol–water partition coefficient (Wildman–Crippen LogP) is 5.37. The van der Waals surface area contributed by atoms with E-state index in [9.17, 15) is 4.79 Å². The maximum absolute atomic E-state index is 12.8. The van der Waals surface area contributed by atoms with Crippen molar-refractivity contribution >= 4 is 39.0 Å². The molecule has 8 heteroatoms. The van der Waals surface area contributed by atoms with Crippen molar-refractivity contribution < 1.29 is 4.79 Å². The Balaban J connectivity index is 1.59. The number of carbonyl (C=O) groups excluding carboxylic acids is 1. The number of carbonyl (C=O) groups is 1. The number of hydrogen-bond donors (Lipinski definition) is 2. The lowest BCUT2D eigenvalue weighted by Crippen LogP contribution is -2.44. The van der Waals surface area contributed by atoms with Gasteiger partial charge in [0.1, 0.15) is 0 Å². The van der Waals surface area contributed by atoms with Gasteiger partial charge in [-0.15, -0.1) is 0 Å². The third kappa shape index (κ3) is 5.57. The van der Waals surface area contributed by atoms with Crippen molar-refractivity contribution in [1.29, 1.82) is 0 Å². The Bertz CT molecular complexity index is 1100. The summed E-state index contributed by atoms with van der Waals surface area (Å²) in [5, 5.41) is 10.3. The maximum atomic E-state index is 12.8. The van der Waals surface area contributed by atoms with E-state index in [1.807, 2.05) is 48.1 Å². The van der Waals surface area contributed by atoms with Crippen molar-refractivity contribution in [3.05, 3.63) is 58.7 Å². The summed E-state index contributed by atoms with van der Waals surface area (Å²) in [6.45, 7) is 8.21. The molecule has 2 aromatic carbocycles. The Kier molecular flexibility index (Phi) is 7.05. The minimum absolute atomic E-state index is 0.266. The fourth-order valence-corrected chi connectivity index (χ4v) is 4.62. The first-order chi connectivity index (χ1) is 15.8. The molecule has 2 N–H and O–H groups in total. The molecular formula is C25H31BrN6O. The van der Waals surface area contributed by atoms with Crippen LogP contribution >= 0.6 is 15.9 Å². The third-order valence-corrected chi connectivity index (χ3v) is 6.63. The highest BCUT2D eigenvalue weighted by Crippen LogP contribution is 2.33. The summed E-state index contributed by atoms with van der Waals surface area (Å²) in [7, 11) is 4.06. The molecule has 33 heavy (non-hydrogen) atoms. The van der Waals surface area contributed by atoms with Crippen LogP contribution in [0.25, 0.3) is 11.3 Å². The van der Waals surface area contributed by atoms with Gasteiger partial charge in [0.25, 0.3) is 0 Å². The monoisotopic (exact) mass is 510 g/mol. The second-order valence-corrected chi connectivity index (χ2v) is 9.73. The van der Waals surface area contributed by atoms with E-state index in [2.05, 4.69) is 68.4 Å². The van der Waals surface area contributed by atoms with Crippen LogP contribution < -0.4 is 15.5 Å². The fraction of sp³-hybridized carbons (Fsp3) is 0.360. The van der Waals surface area contributed by atoms with Gasteiger partial charge in [0, 0.05) is 55.9 Å². The zero-order valence-corrected chi connectivity index (χ0v) is 21.2. The van der Waals surface area contributed by atoms with Crippen LogP contribution in [0.1, 0.15) is 25.3 Å². The standard InChI is InChI=1S/C25H31BrN6O/c1-17(2)18-5-7-20(8-6-18)28-25(33)29-21-13-19(24-23(26)16-27-31(24)4)14-22(15-21)32-11-9-30(3)10-12-32/h5-8,13-17H,9-12H2,1-4H3,(H2,28,29,33). The van der Waals surface area contributed by atoms with Crippen LogP contribution in [0.5, 0.6) is 0 Å². The van der Waals surface area contributed by atoms with Crippen LogP contribution in [0.3, 0.4) is 0 Å². The molecule has 4 rings (SSSR count). The fourth-order valence-electron chi connectivity index (χ4n) is 4.05. The zero-order chi connectivity index (χ0) is 23.5. The van der Waals surface area contributed by atoms with Crippen LogP contribution in [-0.4, -0.2) is 53.9 Å². The lowest BCUT2D eigenvalue weighted by atomic mass is 10.0. The first kappa shape index (κ1) is 23.3. The molecule has 1 aliphatic rings. The summed E-state index contributed by atoms with van der Waals surface area (Å²) in [4.78, 5) is 17.5. The average Bonchev–Trinajstić information content (AvgIpc) is 3.12. The van der Waals surface area contributed by atoms with Crippen molar-refractivity contribution in [3.8, 4) is 11.3 Å². The second-order valence-electron chi connectivity index (χ2n) is 8.88. The highest BCUT2D eigenvalue weighted by atomic mass is 79.9. The van der Waals surface area contributed by atoms with Crippen molar-refractivity contribution in [2.24, 2.45) is 7.05 Å². The molecule has 1 fully saturated rings. The Hall–Kier alpha value is -2.84. The summed E-state index contributed by atoms with van der Waals surface area (Å²) >= 11 is 3.61. The minimum Gasteiger partial charge on any atom is -0.369 e. The molecule has 1 aromatic heterocycles. The van der Waals surface area contributed by atoms with Crippen LogP contribution in [0.4, 0.5) is 21.9 Å². The van der Waals surface area contributed by atoms with Gasteiger partial charge in [-0.05, 0) is 64.8 Å². The third-order valence-electron chi connectivity index (χ3n) is 6.05. The maximum Gasteiger partial charge on any atom is 0.323 e. The van der Waals surface area contributed by atoms with Gasteiger partial charge in [-0.2, -0.15) is 5.10 Å². The molecule has 1 saturated heterocycles. The van der Waals surface area contributed by atoms with Crippen molar-refractivity contribution in [2.45, 2.75) is 19.8 Å². The molecule has 1 aliphatic heterocycles. The Morgan fingerprint density at radius 1 is 0.970 bits per heavy atom. The van der Waals surface area contributed by atoms with E-state index in [1.165, 1.54) is 5.56 Å². The lowest BCUT2D eigenvalue weighted by molar-refractivity contribution is 0.262. The summed E-state index contributed by atoms with van der Waals surface area (Å²) in [5.74, 6) is 0.454. The van der Waals surface area contributed by atoms with E-state index < -0.39 is 0 Å².